The van der Waals surface area contributed by atoms with E-state index in [1.807, 2.05) is 0 Å². The molecule has 3 rings (SSSR count). The van der Waals surface area contributed by atoms with E-state index >= 15 is 0 Å². The van der Waals surface area contributed by atoms with E-state index in [4.69, 9.17) is 21.2 Å². The van der Waals surface area contributed by atoms with Crippen LogP contribution in [0.25, 0.3) is 11.3 Å². The van der Waals surface area contributed by atoms with Crippen LogP contribution in [0.3, 0.4) is 0 Å². The molecule has 0 saturated carbocycles. The quantitative estimate of drug-likeness (QED) is 0.876. The topological polar surface area (TPSA) is 83.6 Å². The fourth-order valence-corrected chi connectivity index (χ4v) is 3.31. The Labute approximate surface area is 150 Å². The fourth-order valence-electron chi connectivity index (χ4n) is 3.19. The van der Waals surface area contributed by atoms with Crippen LogP contribution in [0.4, 0.5) is 0 Å². The zero-order valence-corrected chi connectivity index (χ0v) is 14.4. The predicted molar refractivity (Wildman–Crippen MR) is 92.4 cm³/mol. The number of aromatic nitrogens is 1. The molecule has 0 radical (unpaired) electrons. The zero-order chi connectivity index (χ0) is 17.8. The van der Waals surface area contributed by atoms with Crippen LogP contribution in [0.2, 0.25) is 5.02 Å². The number of likely N-dealkylation sites (tertiary alicyclic amines) is 1. The summed E-state index contributed by atoms with van der Waals surface area (Å²) in [5.41, 5.74) is 1.68. The van der Waals surface area contributed by atoms with E-state index in [0.717, 1.165) is 18.4 Å². The molecule has 0 unspecified atom stereocenters. The first-order valence-corrected chi connectivity index (χ1v) is 8.64. The number of hydrogen-bond acceptors (Lipinski definition) is 4. The lowest BCUT2D eigenvalue weighted by Gasteiger charge is -2.32. The highest BCUT2D eigenvalue weighted by Crippen LogP contribution is 2.27. The Bertz CT molecular complexity index is 757. The van der Waals surface area contributed by atoms with Gasteiger partial charge in [0, 0.05) is 30.1 Å². The normalized spacial score (nSPS) is 17.5. The van der Waals surface area contributed by atoms with Crippen LogP contribution in [0.5, 0.6) is 0 Å². The second-order valence-electron chi connectivity index (χ2n) is 6.28. The van der Waals surface area contributed by atoms with E-state index < -0.39 is 5.97 Å². The van der Waals surface area contributed by atoms with Gasteiger partial charge in [0.2, 0.25) is 0 Å². The number of carbonyl (C=O) groups is 2. The Balaban J connectivity index is 1.74. The molecule has 25 heavy (non-hydrogen) atoms. The van der Waals surface area contributed by atoms with Gasteiger partial charge in [-0.15, -0.1) is 0 Å². The number of carboxylic acid groups (broad SMARTS) is 1. The summed E-state index contributed by atoms with van der Waals surface area (Å²) in [5, 5.41) is 13.4. The highest BCUT2D eigenvalue weighted by atomic mass is 35.5. The fraction of sp³-hybridized carbons (Fsp3) is 0.389. The Hall–Kier alpha value is -2.34. The second-order valence-corrected chi connectivity index (χ2v) is 6.71. The van der Waals surface area contributed by atoms with E-state index in [2.05, 4.69) is 5.16 Å². The van der Waals surface area contributed by atoms with Crippen LogP contribution in [0.15, 0.2) is 35.1 Å². The molecule has 1 N–H and O–H groups in total. The molecule has 1 atom stereocenters. The summed E-state index contributed by atoms with van der Waals surface area (Å²) in [4.78, 5) is 25.4. The van der Waals surface area contributed by atoms with Crippen molar-refractivity contribution in [3.63, 3.8) is 0 Å². The standard InChI is InChI=1S/C18H19ClN2O4/c19-14-6-4-13(5-7-14)17-15(11-25-20-17)18(24)21-9-1-2-12(10-21)3-8-16(22)23/h4-7,11-12H,1-3,8-10H2,(H,22,23)/t12-/m1/s1. The van der Waals surface area contributed by atoms with E-state index in [1.54, 1.807) is 29.2 Å². The summed E-state index contributed by atoms with van der Waals surface area (Å²) >= 11 is 5.90. The maximum atomic E-state index is 12.9. The van der Waals surface area contributed by atoms with Gasteiger partial charge in [0.15, 0.2) is 0 Å². The minimum absolute atomic E-state index is 0.133. The number of carboxylic acids is 1. The van der Waals surface area contributed by atoms with Crippen molar-refractivity contribution in [2.75, 3.05) is 13.1 Å². The molecule has 2 heterocycles. The van der Waals surface area contributed by atoms with E-state index in [-0.39, 0.29) is 18.2 Å². The molecular weight excluding hydrogens is 344 g/mol. The summed E-state index contributed by atoms with van der Waals surface area (Å²) in [5.74, 6) is -0.716. The number of halogens is 1. The van der Waals surface area contributed by atoms with Crippen LogP contribution >= 0.6 is 11.6 Å². The Morgan fingerprint density at radius 2 is 2.08 bits per heavy atom. The lowest BCUT2D eigenvalue weighted by atomic mass is 9.93. The smallest absolute Gasteiger partial charge is 0.303 e. The molecule has 1 aromatic heterocycles. The van der Waals surface area contributed by atoms with Crippen molar-refractivity contribution < 1.29 is 19.2 Å². The average molecular weight is 363 g/mol. The van der Waals surface area contributed by atoms with Gasteiger partial charge in [-0.05, 0) is 37.3 Å². The molecule has 7 heteroatoms. The SMILES string of the molecule is O=C(O)CC[C@H]1CCCN(C(=O)c2conc2-c2ccc(Cl)cc2)C1. The van der Waals surface area contributed by atoms with Gasteiger partial charge in [-0.2, -0.15) is 0 Å². The molecule has 0 bridgehead atoms. The molecule has 1 aliphatic heterocycles. The van der Waals surface area contributed by atoms with Gasteiger partial charge in [-0.3, -0.25) is 9.59 Å². The van der Waals surface area contributed by atoms with Gasteiger partial charge in [0.25, 0.3) is 5.91 Å². The summed E-state index contributed by atoms with van der Waals surface area (Å²) in [6, 6.07) is 7.07. The van der Waals surface area contributed by atoms with Crippen LogP contribution in [-0.2, 0) is 4.79 Å². The van der Waals surface area contributed by atoms with E-state index in [1.165, 1.54) is 6.26 Å². The second kappa shape index (κ2) is 7.70. The van der Waals surface area contributed by atoms with Crippen molar-refractivity contribution in [3.05, 3.63) is 41.1 Å². The van der Waals surface area contributed by atoms with Crippen LogP contribution in [0.1, 0.15) is 36.0 Å². The molecule has 0 aliphatic carbocycles. The largest absolute Gasteiger partial charge is 0.481 e. The number of rotatable bonds is 5. The highest BCUT2D eigenvalue weighted by molar-refractivity contribution is 6.30. The van der Waals surface area contributed by atoms with Crippen molar-refractivity contribution in [2.45, 2.75) is 25.7 Å². The highest BCUT2D eigenvalue weighted by Gasteiger charge is 2.28. The number of benzene rings is 1. The first-order chi connectivity index (χ1) is 12.0. The maximum absolute atomic E-state index is 12.9. The Morgan fingerprint density at radius 3 is 2.80 bits per heavy atom. The minimum atomic E-state index is -0.799. The van der Waals surface area contributed by atoms with Gasteiger partial charge in [0.1, 0.15) is 17.5 Å². The van der Waals surface area contributed by atoms with Gasteiger partial charge in [-0.25, -0.2) is 0 Å². The third kappa shape index (κ3) is 4.20. The summed E-state index contributed by atoms with van der Waals surface area (Å²) < 4.78 is 5.04. The number of nitrogens with zero attached hydrogens (tertiary/aromatic N) is 2. The number of aliphatic carboxylic acids is 1. The molecule has 1 aliphatic rings. The lowest BCUT2D eigenvalue weighted by Crippen LogP contribution is -2.40. The van der Waals surface area contributed by atoms with Gasteiger partial charge >= 0.3 is 5.97 Å². The van der Waals surface area contributed by atoms with Crippen molar-refractivity contribution in [2.24, 2.45) is 5.92 Å². The summed E-state index contributed by atoms with van der Waals surface area (Å²) in [6.45, 7) is 1.23. The van der Waals surface area contributed by atoms with Crippen LogP contribution in [-0.4, -0.2) is 40.1 Å². The van der Waals surface area contributed by atoms with Gasteiger partial charge in [0.05, 0.1) is 0 Å². The molecule has 2 aromatic rings. The zero-order valence-electron chi connectivity index (χ0n) is 13.7. The molecular formula is C18H19ClN2O4. The van der Waals surface area contributed by atoms with E-state index in [0.29, 0.717) is 35.8 Å². The first-order valence-electron chi connectivity index (χ1n) is 8.26. The number of hydrogen-bond donors (Lipinski definition) is 1. The van der Waals surface area contributed by atoms with Crippen LogP contribution < -0.4 is 0 Å². The maximum Gasteiger partial charge on any atom is 0.303 e. The summed E-state index contributed by atoms with van der Waals surface area (Å²) in [7, 11) is 0. The van der Waals surface area contributed by atoms with Crippen molar-refractivity contribution >= 4 is 23.5 Å². The lowest BCUT2D eigenvalue weighted by molar-refractivity contribution is -0.137. The molecule has 1 saturated heterocycles. The third-order valence-electron chi connectivity index (χ3n) is 4.49. The van der Waals surface area contributed by atoms with E-state index in [9.17, 15) is 9.59 Å². The van der Waals surface area contributed by atoms with Crippen molar-refractivity contribution in [1.82, 2.24) is 10.1 Å². The van der Waals surface area contributed by atoms with Gasteiger partial charge in [-0.1, -0.05) is 28.9 Å². The average Bonchev–Trinajstić information content (AvgIpc) is 3.10. The minimum Gasteiger partial charge on any atom is -0.481 e. The summed E-state index contributed by atoms with van der Waals surface area (Å²) in [6.07, 6.45) is 3.91. The molecule has 1 fully saturated rings. The van der Waals surface area contributed by atoms with Crippen molar-refractivity contribution in [3.8, 4) is 11.3 Å². The molecule has 1 amide bonds. The van der Waals surface area contributed by atoms with Gasteiger partial charge < -0.3 is 14.5 Å². The van der Waals surface area contributed by atoms with Crippen molar-refractivity contribution in [1.29, 1.82) is 0 Å². The Kier molecular flexibility index (Phi) is 5.38. The molecule has 6 nitrogen and oxygen atoms in total. The van der Waals surface area contributed by atoms with Crippen LogP contribution in [0, 0.1) is 5.92 Å². The molecule has 1 aromatic carbocycles. The predicted octanol–water partition coefficient (Wildman–Crippen LogP) is 3.71. The number of carbonyl (C=O) groups excluding carboxylic acids is 1. The monoisotopic (exact) mass is 362 g/mol. The number of amides is 1. The molecule has 132 valence electrons. The Morgan fingerprint density at radius 1 is 1.32 bits per heavy atom. The number of piperidine rings is 1. The molecule has 0 spiro atoms. The first kappa shape index (κ1) is 17.5. The third-order valence-corrected chi connectivity index (χ3v) is 4.74.